The Morgan fingerprint density at radius 3 is 2.71 bits per heavy atom. The summed E-state index contributed by atoms with van der Waals surface area (Å²) in [7, 11) is 2.17. The zero-order valence-electron chi connectivity index (χ0n) is 16.1. The third-order valence-electron chi connectivity index (χ3n) is 6.00. The molecule has 0 radical (unpaired) electrons. The van der Waals surface area contributed by atoms with E-state index < -0.39 is 6.17 Å². The summed E-state index contributed by atoms with van der Waals surface area (Å²) in [5.41, 5.74) is 3.79. The van der Waals surface area contributed by atoms with Gasteiger partial charge in [-0.25, -0.2) is 9.37 Å². The van der Waals surface area contributed by atoms with Crippen molar-refractivity contribution in [1.29, 1.82) is 0 Å². The van der Waals surface area contributed by atoms with Gasteiger partial charge in [-0.2, -0.15) is 5.10 Å². The minimum atomic E-state index is -0.765. The Labute approximate surface area is 164 Å². The molecule has 28 heavy (non-hydrogen) atoms. The number of nitrogens with zero attached hydrogens (tertiary/aromatic N) is 6. The molecule has 0 aliphatic carbocycles. The van der Waals surface area contributed by atoms with E-state index in [-0.39, 0.29) is 0 Å². The van der Waals surface area contributed by atoms with Gasteiger partial charge < -0.3 is 9.80 Å². The summed E-state index contributed by atoms with van der Waals surface area (Å²) in [5.74, 6) is 0.824. The van der Waals surface area contributed by atoms with E-state index in [4.69, 9.17) is 4.98 Å². The Morgan fingerprint density at radius 2 is 1.93 bits per heavy atom. The molecule has 0 spiro atoms. The van der Waals surface area contributed by atoms with E-state index in [0.29, 0.717) is 25.6 Å². The summed E-state index contributed by atoms with van der Waals surface area (Å²) in [4.78, 5) is 13.7. The van der Waals surface area contributed by atoms with Crippen molar-refractivity contribution >= 4 is 16.9 Å². The van der Waals surface area contributed by atoms with Crippen LogP contribution >= 0.6 is 0 Å². The third-order valence-corrected chi connectivity index (χ3v) is 6.00. The molecule has 2 aliphatic heterocycles. The lowest BCUT2D eigenvalue weighted by molar-refractivity contribution is 0.212. The Bertz CT molecular complexity index is 978. The van der Waals surface area contributed by atoms with Crippen molar-refractivity contribution in [3.8, 4) is 11.1 Å². The first kappa shape index (κ1) is 17.6. The highest BCUT2D eigenvalue weighted by Crippen LogP contribution is 2.30. The van der Waals surface area contributed by atoms with Crippen LogP contribution in [0.25, 0.3) is 22.2 Å². The van der Waals surface area contributed by atoms with E-state index in [0.717, 1.165) is 53.9 Å². The van der Waals surface area contributed by atoms with Crippen LogP contribution < -0.4 is 4.90 Å². The first-order valence-corrected chi connectivity index (χ1v) is 10.1. The lowest BCUT2D eigenvalue weighted by Gasteiger charge is -2.28. The molecule has 0 saturated carbocycles. The second-order valence-electron chi connectivity index (χ2n) is 7.97. The van der Waals surface area contributed by atoms with Gasteiger partial charge in [0.25, 0.3) is 0 Å². The molecule has 5 heterocycles. The van der Waals surface area contributed by atoms with Gasteiger partial charge in [-0.15, -0.1) is 0 Å². The van der Waals surface area contributed by atoms with Crippen molar-refractivity contribution in [2.24, 2.45) is 0 Å². The van der Waals surface area contributed by atoms with Gasteiger partial charge in [0.15, 0.2) is 0 Å². The number of hydrogen-bond donors (Lipinski definition) is 0. The fourth-order valence-corrected chi connectivity index (χ4v) is 4.29. The van der Waals surface area contributed by atoms with E-state index in [1.807, 2.05) is 35.5 Å². The molecule has 1 atom stereocenters. The quantitative estimate of drug-likeness (QED) is 0.698. The molecule has 5 rings (SSSR count). The highest BCUT2D eigenvalue weighted by molar-refractivity contribution is 5.91. The molecule has 3 aromatic heterocycles. The number of aromatic nitrogens is 4. The molecule has 6 nitrogen and oxygen atoms in total. The van der Waals surface area contributed by atoms with Crippen LogP contribution in [0.3, 0.4) is 0 Å². The van der Waals surface area contributed by atoms with Crippen molar-refractivity contribution in [3.05, 3.63) is 36.8 Å². The maximum Gasteiger partial charge on any atom is 0.129 e. The number of likely N-dealkylation sites (tertiary alicyclic amines) is 1. The average Bonchev–Trinajstić information content (AvgIpc) is 3.37. The minimum absolute atomic E-state index is 0.419. The number of fused-ring (bicyclic) bond motifs is 1. The van der Waals surface area contributed by atoms with Gasteiger partial charge in [0.2, 0.25) is 0 Å². The monoisotopic (exact) mass is 380 g/mol. The van der Waals surface area contributed by atoms with E-state index in [2.05, 4.69) is 32.9 Å². The third kappa shape index (κ3) is 3.24. The lowest BCUT2D eigenvalue weighted by Crippen LogP contribution is -2.31. The van der Waals surface area contributed by atoms with Gasteiger partial charge in [-0.3, -0.25) is 9.67 Å². The number of anilines is 1. The van der Waals surface area contributed by atoms with Crippen LogP contribution in [0.2, 0.25) is 0 Å². The Morgan fingerprint density at radius 1 is 1.07 bits per heavy atom. The van der Waals surface area contributed by atoms with Crippen molar-refractivity contribution in [2.45, 2.75) is 31.5 Å². The second-order valence-corrected chi connectivity index (χ2v) is 7.97. The number of halogens is 1. The first-order valence-electron chi connectivity index (χ1n) is 10.1. The Hall–Kier alpha value is -2.54. The van der Waals surface area contributed by atoms with E-state index >= 15 is 0 Å². The molecule has 0 aromatic carbocycles. The topological polar surface area (TPSA) is 50.1 Å². The van der Waals surface area contributed by atoms with Crippen LogP contribution in [-0.4, -0.2) is 64.0 Å². The first-order chi connectivity index (χ1) is 13.7. The summed E-state index contributed by atoms with van der Waals surface area (Å²) in [5, 5.41) is 4.65. The number of rotatable bonds is 3. The predicted octanol–water partition coefficient (Wildman–Crippen LogP) is 3.31. The highest BCUT2D eigenvalue weighted by Gasteiger charge is 2.24. The van der Waals surface area contributed by atoms with Crippen molar-refractivity contribution in [1.82, 2.24) is 24.6 Å². The maximum atomic E-state index is 13.6. The molecule has 0 amide bonds. The molecule has 0 unspecified atom stereocenters. The van der Waals surface area contributed by atoms with Gasteiger partial charge in [0.05, 0.1) is 29.8 Å². The van der Waals surface area contributed by atoms with E-state index in [9.17, 15) is 4.39 Å². The fraction of sp³-hybridized carbons (Fsp3) is 0.476. The van der Waals surface area contributed by atoms with Crippen LogP contribution in [-0.2, 0) is 0 Å². The largest absolute Gasteiger partial charge is 0.354 e. The molecule has 2 aliphatic rings. The van der Waals surface area contributed by atoms with Gasteiger partial charge in [-0.05, 0) is 57.6 Å². The van der Waals surface area contributed by atoms with Crippen molar-refractivity contribution in [2.75, 3.05) is 38.1 Å². The Kier molecular flexibility index (Phi) is 4.47. The molecular formula is C21H25FN6. The van der Waals surface area contributed by atoms with Gasteiger partial charge >= 0.3 is 0 Å². The highest BCUT2D eigenvalue weighted by atomic mass is 19.1. The minimum Gasteiger partial charge on any atom is -0.354 e. The normalized spacial score (nSPS) is 21.6. The molecule has 0 bridgehead atoms. The molecule has 146 valence electrons. The van der Waals surface area contributed by atoms with E-state index in [1.54, 1.807) is 0 Å². The molecule has 0 N–H and O–H groups in total. The second kappa shape index (κ2) is 7.13. The summed E-state index contributed by atoms with van der Waals surface area (Å²) < 4.78 is 15.7. The van der Waals surface area contributed by atoms with Crippen LogP contribution in [0.5, 0.6) is 0 Å². The van der Waals surface area contributed by atoms with Crippen LogP contribution in [0.15, 0.2) is 36.8 Å². The number of pyridine rings is 2. The van der Waals surface area contributed by atoms with Gasteiger partial charge in [0, 0.05) is 30.1 Å². The maximum absolute atomic E-state index is 13.6. The van der Waals surface area contributed by atoms with Gasteiger partial charge in [0.1, 0.15) is 12.0 Å². The van der Waals surface area contributed by atoms with E-state index in [1.165, 1.54) is 0 Å². The van der Waals surface area contributed by atoms with Crippen molar-refractivity contribution < 1.29 is 4.39 Å². The summed E-state index contributed by atoms with van der Waals surface area (Å²) in [6, 6.07) is 6.37. The van der Waals surface area contributed by atoms with Gasteiger partial charge in [-0.1, -0.05) is 0 Å². The van der Waals surface area contributed by atoms with Crippen LogP contribution in [0.1, 0.15) is 25.3 Å². The molecule has 2 fully saturated rings. The standard InChI is InChI=1S/C21H25FN6/c1-26-9-6-17(7-10-26)28-13-15(12-24-28)18-4-8-23-19-2-3-20(25-21(18)19)27-11-5-16(22)14-27/h2-4,8,12-13,16-17H,5-7,9-11,14H2,1H3/t16-/m0/s1. The number of hydrogen-bond acceptors (Lipinski definition) is 5. The number of alkyl halides is 1. The van der Waals surface area contributed by atoms with Crippen LogP contribution in [0, 0.1) is 0 Å². The number of piperidine rings is 1. The average molecular weight is 380 g/mol. The summed E-state index contributed by atoms with van der Waals surface area (Å²) in [6.45, 7) is 3.34. The SMILES string of the molecule is CN1CCC(n2cc(-c3ccnc4ccc(N5CC[C@H](F)C5)nc34)cn2)CC1. The summed E-state index contributed by atoms with van der Waals surface area (Å²) >= 11 is 0. The Balaban J connectivity index is 1.48. The van der Waals surface area contributed by atoms with Crippen LogP contribution in [0.4, 0.5) is 10.2 Å². The molecular weight excluding hydrogens is 355 g/mol. The zero-order chi connectivity index (χ0) is 19.1. The molecule has 7 heteroatoms. The molecule has 2 saturated heterocycles. The lowest BCUT2D eigenvalue weighted by atomic mass is 10.1. The molecule has 3 aromatic rings. The fourth-order valence-electron chi connectivity index (χ4n) is 4.29. The smallest absolute Gasteiger partial charge is 0.129 e. The predicted molar refractivity (Wildman–Crippen MR) is 108 cm³/mol. The van der Waals surface area contributed by atoms with Crippen molar-refractivity contribution in [3.63, 3.8) is 0 Å². The zero-order valence-corrected chi connectivity index (χ0v) is 16.1. The summed E-state index contributed by atoms with van der Waals surface area (Å²) in [6.07, 6.45) is 7.93.